The van der Waals surface area contributed by atoms with Gasteiger partial charge >= 0.3 is 0 Å². The Morgan fingerprint density at radius 1 is 1.57 bits per heavy atom. The fraction of sp³-hybridized carbons (Fsp3) is 0.429. The number of hydrogen-bond donors (Lipinski definition) is 2. The molecule has 1 aromatic rings. The number of nitrogens with zero attached hydrogens (tertiary/aromatic N) is 3. The number of rotatable bonds is 6. The number of nitro groups is 1. The molecule has 1 heterocycles. The molecule has 9 nitrogen and oxygen atoms in total. The standard InChI is InChI=1S/C14H18N4O5/c1-23-16-10-6-12(14(15)20)17(7-10)8-13(19)9-2-4-11(5-3-9)18(21)22/h2-5,12-13,19H,6-8H2,1H3,(H2,15,20). The van der Waals surface area contributed by atoms with Gasteiger partial charge in [-0.25, -0.2) is 0 Å². The molecule has 2 atom stereocenters. The van der Waals surface area contributed by atoms with Gasteiger partial charge in [-0.1, -0.05) is 5.16 Å². The fourth-order valence-electron chi connectivity index (χ4n) is 2.57. The Morgan fingerprint density at radius 2 is 2.22 bits per heavy atom. The maximum atomic E-state index is 11.5. The first-order chi connectivity index (χ1) is 10.9. The second-order valence-electron chi connectivity index (χ2n) is 5.26. The van der Waals surface area contributed by atoms with E-state index in [-0.39, 0.29) is 12.2 Å². The number of hydrogen-bond acceptors (Lipinski definition) is 7. The minimum atomic E-state index is -0.903. The molecule has 0 aliphatic carbocycles. The Balaban J connectivity index is 2.08. The summed E-state index contributed by atoms with van der Waals surface area (Å²) in [6.07, 6.45) is -0.546. The second-order valence-corrected chi connectivity index (χ2v) is 5.26. The quantitative estimate of drug-likeness (QED) is 0.567. The van der Waals surface area contributed by atoms with Crippen molar-refractivity contribution in [2.24, 2.45) is 10.9 Å². The van der Waals surface area contributed by atoms with E-state index >= 15 is 0 Å². The Kier molecular flexibility index (Phi) is 5.24. The number of β-amino-alcohol motifs (C(OH)–C–C–N with tert-alkyl or cyclic N) is 1. The van der Waals surface area contributed by atoms with E-state index in [1.807, 2.05) is 0 Å². The topological polar surface area (TPSA) is 131 Å². The number of oxime groups is 1. The number of aliphatic hydroxyl groups is 1. The van der Waals surface area contributed by atoms with Crippen LogP contribution >= 0.6 is 0 Å². The maximum absolute atomic E-state index is 11.5. The molecule has 124 valence electrons. The molecule has 1 fully saturated rings. The molecule has 0 spiro atoms. The Labute approximate surface area is 132 Å². The largest absolute Gasteiger partial charge is 0.399 e. The SMILES string of the molecule is CON=C1CC(C(N)=O)N(CC(O)c2ccc([N+](=O)[O-])cc2)C1. The first kappa shape index (κ1) is 16.8. The summed E-state index contributed by atoms with van der Waals surface area (Å²) in [6.45, 7) is 0.527. The van der Waals surface area contributed by atoms with Gasteiger partial charge < -0.3 is 15.7 Å². The van der Waals surface area contributed by atoms with Crippen molar-refractivity contribution in [3.8, 4) is 0 Å². The van der Waals surface area contributed by atoms with Crippen LogP contribution in [0.5, 0.6) is 0 Å². The zero-order valence-corrected chi connectivity index (χ0v) is 12.6. The number of carbonyl (C=O) groups excluding carboxylic acids is 1. The van der Waals surface area contributed by atoms with Crippen LogP contribution < -0.4 is 5.73 Å². The monoisotopic (exact) mass is 322 g/mol. The minimum Gasteiger partial charge on any atom is -0.399 e. The van der Waals surface area contributed by atoms with Crippen molar-refractivity contribution in [2.45, 2.75) is 18.6 Å². The highest BCUT2D eigenvalue weighted by Gasteiger charge is 2.34. The number of aliphatic hydroxyl groups excluding tert-OH is 1. The third kappa shape index (κ3) is 4.02. The van der Waals surface area contributed by atoms with Gasteiger partial charge in [0.2, 0.25) is 5.91 Å². The summed E-state index contributed by atoms with van der Waals surface area (Å²) in [6, 6.07) is 5.07. The van der Waals surface area contributed by atoms with Crippen LogP contribution in [0.4, 0.5) is 5.69 Å². The zero-order valence-electron chi connectivity index (χ0n) is 12.6. The van der Waals surface area contributed by atoms with E-state index in [2.05, 4.69) is 5.16 Å². The molecule has 1 aromatic carbocycles. The van der Waals surface area contributed by atoms with Crippen LogP contribution in [0.15, 0.2) is 29.4 Å². The van der Waals surface area contributed by atoms with Crippen LogP contribution in [0.2, 0.25) is 0 Å². The van der Waals surface area contributed by atoms with Gasteiger partial charge in [-0.3, -0.25) is 19.8 Å². The number of amides is 1. The molecule has 9 heteroatoms. The van der Waals surface area contributed by atoms with Crippen molar-refractivity contribution in [2.75, 3.05) is 20.2 Å². The molecule has 1 amide bonds. The van der Waals surface area contributed by atoms with Crippen molar-refractivity contribution in [1.82, 2.24) is 4.90 Å². The highest BCUT2D eigenvalue weighted by molar-refractivity contribution is 5.95. The smallest absolute Gasteiger partial charge is 0.269 e. The molecule has 0 aromatic heterocycles. The number of carbonyl (C=O) groups is 1. The molecular formula is C14H18N4O5. The molecule has 1 saturated heterocycles. The lowest BCUT2D eigenvalue weighted by molar-refractivity contribution is -0.384. The van der Waals surface area contributed by atoms with Crippen molar-refractivity contribution in [3.05, 3.63) is 39.9 Å². The number of primary amides is 1. The number of non-ortho nitro benzene ring substituents is 1. The van der Waals surface area contributed by atoms with Crippen molar-refractivity contribution in [1.29, 1.82) is 0 Å². The summed E-state index contributed by atoms with van der Waals surface area (Å²) in [4.78, 5) is 28.1. The molecule has 0 saturated carbocycles. The van der Waals surface area contributed by atoms with Crippen molar-refractivity contribution < 1.29 is 19.7 Å². The average molecular weight is 322 g/mol. The van der Waals surface area contributed by atoms with E-state index in [0.29, 0.717) is 24.2 Å². The predicted octanol–water partition coefficient (Wildman–Crippen LogP) is 0.190. The van der Waals surface area contributed by atoms with Gasteiger partial charge in [-0.15, -0.1) is 0 Å². The van der Waals surface area contributed by atoms with Crippen LogP contribution in [0.1, 0.15) is 18.1 Å². The summed E-state index contributed by atoms with van der Waals surface area (Å²) >= 11 is 0. The molecule has 2 unspecified atom stereocenters. The molecular weight excluding hydrogens is 304 g/mol. The lowest BCUT2D eigenvalue weighted by Crippen LogP contribution is -2.42. The van der Waals surface area contributed by atoms with Gasteiger partial charge in [-0.05, 0) is 17.7 Å². The van der Waals surface area contributed by atoms with Crippen LogP contribution in [0.25, 0.3) is 0 Å². The van der Waals surface area contributed by atoms with E-state index in [1.165, 1.54) is 31.4 Å². The van der Waals surface area contributed by atoms with Crippen LogP contribution in [0, 0.1) is 10.1 Å². The molecule has 2 rings (SSSR count). The number of nitro benzene ring substituents is 1. The zero-order chi connectivity index (χ0) is 17.0. The molecule has 0 radical (unpaired) electrons. The van der Waals surface area contributed by atoms with Gasteiger partial charge in [0.05, 0.1) is 22.8 Å². The van der Waals surface area contributed by atoms with Gasteiger partial charge in [-0.2, -0.15) is 0 Å². The van der Waals surface area contributed by atoms with Crippen LogP contribution in [-0.2, 0) is 9.63 Å². The lowest BCUT2D eigenvalue weighted by Gasteiger charge is -2.24. The summed E-state index contributed by atoms with van der Waals surface area (Å²) < 4.78 is 0. The Hall–Kier alpha value is -2.52. The predicted molar refractivity (Wildman–Crippen MR) is 81.7 cm³/mol. The third-order valence-electron chi connectivity index (χ3n) is 3.70. The highest BCUT2D eigenvalue weighted by Crippen LogP contribution is 2.22. The molecule has 0 bridgehead atoms. The summed E-state index contributed by atoms with van der Waals surface area (Å²) in [7, 11) is 1.42. The number of nitrogens with two attached hydrogens (primary N) is 1. The average Bonchev–Trinajstić information content (AvgIpc) is 2.90. The van der Waals surface area contributed by atoms with E-state index in [4.69, 9.17) is 10.6 Å². The first-order valence-corrected chi connectivity index (χ1v) is 6.97. The third-order valence-corrected chi connectivity index (χ3v) is 3.70. The molecule has 1 aliphatic rings. The number of likely N-dealkylation sites (tertiary alicyclic amines) is 1. The van der Waals surface area contributed by atoms with E-state index in [1.54, 1.807) is 4.90 Å². The maximum Gasteiger partial charge on any atom is 0.269 e. The van der Waals surface area contributed by atoms with Gasteiger partial charge in [0, 0.05) is 31.6 Å². The summed E-state index contributed by atoms with van der Waals surface area (Å²) in [5, 5.41) is 24.8. The normalized spacial score (nSPS) is 21.3. The van der Waals surface area contributed by atoms with E-state index < -0.39 is 23.0 Å². The summed E-state index contributed by atoms with van der Waals surface area (Å²) in [5.41, 5.74) is 6.53. The van der Waals surface area contributed by atoms with Gasteiger partial charge in [0.15, 0.2) is 0 Å². The molecule has 3 N–H and O–H groups in total. The Morgan fingerprint density at radius 3 is 2.74 bits per heavy atom. The molecule has 1 aliphatic heterocycles. The van der Waals surface area contributed by atoms with Crippen LogP contribution in [-0.4, -0.2) is 52.8 Å². The van der Waals surface area contributed by atoms with Gasteiger partial charge in [0.25, 0.3) is 5.69 Å². The second kappa shape index (κ2) is 7.16. The Bertz CT molecular complexity index is 616. The first-order valence-electron chi connectivity index (χ1n) is 6.97. The fourth-order valence-corrected chi connectivity index (χ4v) is 2.57. The van der Waals surface area contributed by atoms with Crippen LogP contribution in [0.3, 0.4) is 0 Å². The lowest BCUT2D eigenvalue weighted by atomic mass is 10.1. The number of benzene rings is 1. The minimum absolute atomic E-state index is 0.0494. The van der Waals surface area contributed by atoms with Crippen molar-refractivity contribution in [3.63, 3.8) is 0 Å². The summed E-state index contributed by atoms with van der Waals surface area (Å²) in [5.74, 6) is -0.498. The van der Waals surface area contributed by atoms with Crippen molar-refractivity contribution >= 4 is 17.3 Å². The highest BCUT2D eigenvalue weighted by atomic mass is 16.6. The molecule has 23 heavy (non-hydrogen) atoms. The van der Waals surface area contributed by atoms with Gasteiger partial charge in [0.1, 0.15) is 7.11 Å². The van der Waals surface area contributed by atoms with E-state index in [9.17, 15) is 20.0 Å². The van der Waals surface area contributed by atoms with E-state index in [0.717, 1.165) is 0 Å².